The number of carboxylic acid groups (broad SMARTS) is 1. The number of rotatable bonds is 8. The number of ether oxygens (including phenoxy) is 1. The Balaban J connectivity index is 3.99. The Morgan fingerprint density at radius 2 is 2.11 bits per heavy atom. The number of hydrogen-bond acceptors (Lipinski definition) is 4. The largest absolute Gasteiger partial charge is 0.480 e. The van der Waals surface area contributed by atoms with E-state index in [9.17, 15) is 14.4 Å². The van der Waals surface area contributed by atoms with Gasteiger partial charge in [0.2, 0.25) is 0 Å². The Morgan fingerprint density at radius 3 is 2.61 bits per heavy atom. The van der Waals surface area contributed by atoms with Crippen molar-refractivity contribution in [2.75, 3.05) is 13.2 Å². The van der Waals surface area contributed by atoms with Crippen LogP contribution in [-0.2, 0) is 9.53 Å². The molecule has 0 radical (unpaired) electrons. The third-order valence-corrected chi connectivity index (χ3v) is 1.89. The van der Waals surface area contributed by atoms with Crippen LogP contribution < -0.4 is 16.4 Å². The summed E-state index contributed by atoms with van der Waals surface area (Å²) in [4.78, 5) is 32.3. The molecule has 0 aliphatic carbocycles. The molecule has 0 aromatic heterocycles. The first-order valence-electron chi connectivity index (χ1n) is 5.27. The number of primary amides is 1. The lowest BCUT2D eigenvalue weighted by molar-refractivity contribution is -0.139. The Labute approximate surface area is 104 Å². The highest BCUT2D eigenvalue weighted by Crippen LogP contribution is 1.98. The van der Waals surface area contributed by atoms with Crippen molar-refractivity contribution in [3.05, 3.63) is 12.7 Å². The van der Waals surface area contributed by atoms with Crippen LogP contribution in [0.3, 0.4) is 0 Å². The summed E-state index contributed by atoms with van der Waals surface area (Å²) in [6, 6.07) is -1.75. The Kier molecular flexibility index (Phi) is 7.74. The van der Waals surface area contributed by atoms with E-state index in [1.165, 1.54) is 6.08 Å². The van der Waals surface area contributed by atoms with Crippen molar-refractivity contribution < 1.29 is 24.2 Å². The van der Waals surface area contributed by atoms with Gasteiger partial charge in [-0.15, -0.1) is 0 Å². The van der Waals surface area contributed by atoms with Crippen LogP contribution in [0.15, 0.2) is 12.7 Å². The summed E-state index contributed by atoms with van der Waals surface area (Å²) in [6.45, 7) is 3.59. The number of aliphatic carboxylic acids is 1. The summed E-state index contributed by atoms with van der Waals surface area (Å²) >= 11 is 0. The molecule has 0 bridgehead atoms. The smallest absolute Gasteiger partial charge is 0.408 e. The van der Waals surface area contributed by atoms with E-state index in [-0.39, 0.29) is 19.6 Å². The van der Waals surface area contributed by atoms with E-state index in [0.29, 0.717) is 6.42 Å². The standard InChI is InChI=1S/C10H17N3O5/c1-2-6-18-10(17)13-7(8(14)15)4-3-5-12-9(11)16/h2,7H,1,3-6H2,(H,13,17)(H,14,15)(H3,11,12,16)/t7-/m0/s1. The predicted molar refractivity (Wildman–Crippen MR) is 62.9 cm³/mol. The molecule has 0 rings (SSSR count). The fraction of sp³-hybridized carbons (Fsp3) is 0.500. The second-order valence-electron chi connectivity index (χ2n) is 3.36. The molecule has 8 heteroatoms. The fourth-order valence-electron chi connectivity index (χ4n) is 1.09. The Bertz CT molecular complexity index is 319. The van der Waals surface area contributed by atoms with Gasteiger partial charge in [-0.25, -0.2) is 14.4 Å². The van der Waals surface area contributed by atoms with Gasteiger partial charge in [-0.1, -0.05) is 12.7 Å². The average molecular weight is 259 g/mol. The third kappa shape index (κ3) is 7.97. The minimum absolute atomic E-state index is 0.00139. The SMILES string of the molecule is C=CCOC(=O)N[C@@H](CCCNC(N)=O)C(=O)O. The van der Waals surface area contributed by atoms with E-state index in [4.69, 9.17) is 10.8 Å². The van der Waals surface area contributed by atoms with Gasteiger partial charge in [0.1, 0.15) is 12.6 Å². The van der Waals surface area contributed by atoms with Crippen LogP contribution in [0.4, 0.5) is 9.59 Å². The van der Waals surface area contributed by atoms with Gasteiger partial charge in [0.25, 0.3) is 0 Å². The van der Waals surface area contributed by atoms with Crippen LogP contribution in [-0.4, -0.2) is 42.4 Å². The normalized spacial score (nSPS) is 11.1. The molecule has 0 aromatic carbocycles. The van der Waals surface area contributed by atoms with Crippen LogP contribution in [0.25, 0.3) is 0 Å². The molecule has 8 nitrogen and oxygen atoms in total. The van der Waals surface area contributed by atoms with Crippen molar-refractivity contribution >= 4 is 18.1 Å². The highest BCUT2D eigenvalue weighted by Gasteiger charge is 2.19. The molecule has 0 unspecified atom stereocenters. The van der Waals surface area contributed by atoms with E-state index >= 15 is 0 Å². The predicted octanol–water partition coefficient (Wildman–Crippen LogP) is -0.200. The molecule has 0 heterocycles. The molecule has 3 amide bonds. The first-order chi connectivity index (χ1) is 8.47. The van der Waals surface area contributed by atoms with Gasteiger partial charge in [0.05, 0.1) is 0 Å². The number of carbonyl (C=O) groups is 3. The van der Waals surface area contributed by atoms with Crippen LogP contribution in [0.5, 0.6) is 0 Å². The lowest BCUT2D eigenvalue weighted by atomic mass is 10.1. The summed E-state index contributed by atoms with van der Waals surface area (Å²) < 4.78 is 4.60. The second-order valence-corrected chi connectivity index (χ2v) is 3.36. The van der Waals surface area contributed by atoms with E-state index in [0.717, 1.165) is 0 Å². The summed E-state index contributed by atoms with van der Waals surface area (Å²) in [6.07, 6.45) is 1.05. The van der Waals surface area contributed by atoms with Crippen LogP contribution >= 0.6 is 0 Å². The minimum atomic E-state index is -1.18. The number of alkyl carbamates (subject to hydrolysis) is 1. The van der Waals surface area contributed by atoms with Gasteiger partial charge < -0.3 is 26.2 Å². The quantitative estimate of drug-likeness (QED) is 0.354. The van der Waals surface area contributed by atoms with E-state index in [1.807, 2.05) is 0 Å². The minimum Gasteiger partial charge on any atom is -0.480 e. The highest BCUT2D eigenvalue weighted by molar-refractivity contribution is 5.79. The van der Waals surface area contributed by atoms with E-state index in [1.54, 1.807) is 0 Å². The summed E-state index contributed by atoms with van der Waals surface area (Å²) in [5.74, 6) is -1.18. The molecule has 0 aliphatic rings. The molecular formula is C10H17N3O5. The number of nitrogens with two attached hydrogens (primary N) is 1. The van der Waals surface area contributed by atoms with E-state index < -0.39 is 24.1 Å². The number of hydrogen-bond donors (Lipinski definition) is 4. The second kappa shape index (κ2) is 8.85. The zero-order valence-corrected chi connectivity index (χ0v) is 9.85. The molecule has 0 aliphatic heterocycles. The monoisotopic (exact) mass is 259 g/mol. The number of carbonyl (C=O) groups excluding carboxylic acids is 2. The van der Waals surface area contributed by atoms with Crippen molar-refractivity contribution in [3.8, 4) is 0 Å². The van der Waals surface area contributed by atoms with Crippen molar-refractivity contribution in [1.82, 2.24) is 10.6 Å². The molecule has 0 saturated heterocycles. The highest BCUT2D eigenvalue weighted by atomic mass is 16.5. The molecule has 102 valence electrons. The Hall–Kier alpha value is -2.25. The van der Waals surface area contributed by atoms with Gasteiger partial charge in [-0.3, -0.25) is 0 Å². The van der Waals surface area contributed by atoms with Gasteiger partial charge in [-0.05, 0) is 12.8 Å². The first kappa shape index (κ1) is 15.8. The van der Waals surface area contributed by atoms with Crippen molar-refractivity contribution in [2.45, 2.75) is 18.9 Å². The average Bonchev–Trinajstić information content (AvgIpc) is 2.29. The van der Waals surface area contributed by atoms with Crippen LogP contribution in [0.2, 0.25) is 0 Å². The molecule has 0 spiro atoms. The summed E-state index contributed by atoms with van der Waals surface area (Å²) in [7, 11) is 0. The van der Waals surface area contributed by atoms with Crippen molar-refractivity contribution in [1.29, 1.82) is 0 Å². The molecule has 18 heavy (non-hydrogen) atoms. The number of amides is 3. The maximum Gasteiger partial charge on any atom is 0.408 e. The third-order valence-electron chi connectivity index (χ3n) is 1.89. The zero-order chi connectivity index (χ0) is 14.0. The molecule has 0 saturated carbocycles. The molecule has 0 aromatic rings. The van der Waals surface area contributed by atoms with Gasteiger partial charge in [0.15, 0.2) is 0 Å². The molecular weight excluding hydrogens is 242 g/mol. The number of urea groups is 1. The van der Waals surface area contributed by atoms with Crippen LogP contribution in [0, 0.1) is 0 Å². The Morgan fingerprint density at radius 1 is 1.44 bits per heavy atom. The maximum atomic E-state index is 11.1. The van der Waals surface area contributed by atoms with Gasteiger partial charge >= 0.3 is 18.1 Å². The first-order valence-corrected chi connectivity index (χ1v) is 5.27. The van der Waals surface area contributed by atoms with Gasteiger partial charge in [-0.2, -0.15) is 0 Å². The number of nitrogens with one attached hydrogen (secondary N) is 2. The lowest BCUT2D eigenvalue weighted by Crippen LogP contribution is -2.41. The molecule has 5 N–H and O–H groups in total. The van der Waals surface area contributed by atoms with Crippen molar-refractivity contribution in [2.24, 2.45) is 5.73 Å². The topological polar surface area (TPSA) is 131 Å². The van der Waals surface area contributed by atoms with Crippen molar-refractivity contribution in [3.63, 3.8) is 0 Å². The van der Waals surface area contributed by atoms with E-state index in [2.05, 4.69) is 21.9 Å². The zero-order valence-electron chi connectivity index (χ0n) is 9.85. The summed E-state index contributed by atoms with van der Waals surface area (Å²) in [5, 5.41) is 13.4. The molecule has 0 fully saturated rings. The molecule has 1 atom stereocenters. The number of carboxylic acids is 1. The maximum absolute atomic E-state index is 11.1. The van der Waals surface area contributed by atoms with Gasteiger partial charge in [0, 0.05) is 6.54 Å². The fourth-order valence-corrected chi connectivity index (χ4v) is 1.09. The summed E-state index contributed by atoms with van der Waals surface area (Å²) in [5.41, 5.74) is 4.84. The van der Waals surface area contributed by atoms with Crippen LogP contribution in [0.1, 0.15) is 12.8 Å². The lowest BCUT2D eigenvalue weighted by Gasteiger charge is -2.13.